The van der Waals surface area contributed by atoms with Gasteiger partial charge in [-0.25, -0.2) is 4.09 Å². The molecule has 1 aromatic heterocycles. The average Bonchev–Trinajstić information content (AvgIpc) is 2.83. The molecule has 0 bridgehead atoms. The SMILES string of the molecule is CC(C)c1cccc(OC#N)c1COc1ccn(S)n1. The van der Waals surface area contributed by atoms with Crippen molar-refractivity contribution in [3.63, 3.8) is 0 Å². The Hall–Kier alpha value is -2.13. The normalized spacial score (nSPS) is 10.3. The van der Waals surface area contributed by atoms with E-state index >= 15 is 0 Å². The number of aromatic nitrogens is 2. The quantitative estimate of drug-likeness (QED) is 0.678. The van der Waals surface area contributed by atoms with Crippen LogP contribution >= 0.6 is 12.8 Å². The predicted molar refractivity (Wildman–Crippen MR) is 77.7 cm³/mol. The lowest BCUT2D eigenvalue weighted by Crippen LogP contribution is -2.04. The van der Waals surface area contributed by atoms with Crippen LogP contribution in [0, 0.1) is 11.5 Å². The summed E-state index contributed by atoms with van der Waals surface area (Å²) in [5.74, 6) is 1.30. The summed E-state index contributed by atoms with van der Waals surface area (Å²) in [6, 6.07) is 7.35. The molecule has 0 saturated carbocycles. The maximum Gasteiger partial charge on any atom is 0.292 e. The van der Waals surface area contributed by atoms with Crippen LogP contribution in [0.15, 0.2) is 30.5 Å². The van der Waals surface area contributed by atoms with E-state index in [2.05, 4.69) is 31.8 Å². The highest BCUT2D eigenvalue weighted by atomic mass is 32.1. The molecule has 2 rings (SSSR count). The van der Waals surface area contributed by atoms with Crippen molar-refractivity contribution >= 4 is 12.8 Å². The first-order chi connectivity index (χ1) is 9.61. The van der Waals surface area contributed by atoms with Crippen molar-refractivity contribution in [3.8, 4) is 17.9 Å². The first-order valence-electron chi connectivity index (χ1n) is 6.17. The first kappa shape index (κ1) is 14.3. The largest absolute Gasteiger partial charge is 0.472 e. The minimum absolute atomic E-state index is 0.288. The first-order valence-corrected chi connectivity index (χ1v) is 6.57. The maximum absolute atomic E-state index is 8.72. The zero-order valence-electron chi connectivity index (χ0n) is 11.3. The van der Waals surface area contributed by atoms with Gasteiger partial charge >= 0.3 is 0 Å². The summed E-state index contributed by atoms with van der Waals surface area (Å²) < 4.78 is 12.0. The predicted octanol–water partition coefficient (Wildman–Crippen LogP) is 3.14. The van der Waals surface area contributed by atoms with E-state index in [-0.39, 0.29) is 6.61 Å². The van der Waals surface area contributed by atoms with Crippen LogP contribution in [0.2, 0.25) is 0 Å². The summed E-state index contributed by atoms with van der Waals surface area (Å²) in [7, 11) is 0. The lowest BCUT2D eigenvalue weighted by Gasteiger charge is -2.15. The Balaban J connectivity index is 2.25. The van der Waals surface area contributed by atoms with Crippen molar-refractivity contribution in [2.75, 3.05) is 0 Å². The summed E-state index contributed by atoms with van der Waals surface area (Å²) in [5, 5.41) is 12.8. The molecule has 0 fully saturated rings. The van der Waals surface area contributed by atoms with Crippen LogP contribution in [0.1, 0.15) is 30.9 Å². The van der Waals surface area contributed by atoms with Gasteiger partial charge in [0.05, 0.1) is 0 Å². The van der Waals surface area contributed by atoms with Crippen LogP contribution in [0.3, 0.4) is 0 Å². The third kappa shape index (κ3) is 3.25. The molecule has 0 N–H and O–H groups in total. The van der Waals surface area contributed by atoms with E-state index in [4.69, 9.17) is 14.7 Å². The molecule has 0 aliphatic heterocycles. The molecule has 0 saturated heterocycles. The molecule has 20 heavy (non-hydrogen) atoms. The van der Waals surface area contributed by atoms with Gasteiger partial charge in [0.1, 0.15) is 12.4 Å². The highest BCUT2D eigenvalue weighted by Crippen LogP contribution is 2.29. The number of nitriles is 1. The molecule has 5 nitrogen and oxygen atoms in total. The van der Waals surface area contributed by atoms with Gasteiger partial charge in [0, 0.05) is 17.8 Å². The maximum atomic E-state index is 8.72. The monoisotopic (exact) mass is 289 g/mol. The smallest absolute Gasteiger partial charge is 0.292 e. The third-order valence-electron chi connectivity index (χ3n) is 2.86. The van der Waals surface area contributed by atoms with Gasteiger partial charge in [0.2, 0.25) is 5.88 Å². The fourth-order valence-electron chi connectivity index (χ4n) is 1.94. The van der Waals surface area contributed by atoms with Crippen LogP contribution in [0.25, 0.3) is 0 Å². The van der Waals surface area contributed by atoms with E-state index in [0.29, 0.717) is 17.5 Å². The lowest BCUT2D eigenvalue weighted by molar-refractivity contribution is 0.286. The van der Waals surface area contributed by atoms with Crippen LogP contribution < -0.4 is 9.47 Å². The topological polar surface area (TPSA) is 60.1 Å². The molecular formula is C14H15N3O2S. The second kappa shape index (κ2) is 6.35. The molecule has 0 unspecified atom stereocenters. The second-order valence-corrected chi connectivity index (χ2v) is 4.94. The van der Waals surface area contributed by atoms with Crippen LogP contribution in [-0.2, 0) is 6.61 Å². The Labute approximate surface area is 123 Å². The summed E-state index contributed by atoms with van der Waals surface area (Å²) in [4.78, 5) is 0. The minimum Gasteiger partial charge on any atom is -0.472 e. The molecule has 2 aromatic rings. The molecule has 0 aliphatic carbocycles. The van der Waals surface area contributed by atoms with E-state index in [9.17, 15) is 0 Å². The molecule has 0 amide bonds. The van der Waals surface area contributed by atoms with Gasteiger partial charge < -0.3 is 9.47 Å². The Morgan fingerprint density at radius 2 is 2.20 bits per heavy atom. The second-order valence-electron chi connectivity index (χ2n) is 4.54. The van der Waals surface area contributed by atoms with Gasteiger partial charge in [0.25, 0.3) is 6.26 Å². The minimum atomic E-state index is 0.288. The fraction of sp³-hybridized carbons (Fsp3) is 0.286. The summed E-state index contributed by atoms with van der Waals surface area (Å²) in [5.41, 5.74) is 1.95. The molecule has 1 aromatic carbocycles. The zero-order valence-corrected chi connectivity index (χ0v) is 12.2. The molecule has 0 radical (unpaired) electrons. The highest BCUT2D eigenvalue weighted by Gasteiger charge is 2.14. The molecule has 104 valence electrons. The Bertz CT molecular complexity index is 632. The summed E-state index contributed by atoms with van der Waals surface area (Å²) in [6.45, 7) is 4.45. The Morgan fingerprint density at radius 3 is 2.80 bits per heavy atom. The van der Waals surface area contributed by atoms with Gasteiger partial charge in [-0.1, -0.05) is 26.0 Å². The highest BCUT2D eigenvalue weighted by molar-refractivity contribution is 7.78. The van der Waals surface area contributed by atoms with Crippen molar-refractivity contribution in [1.82, 2.24) is 9.19 Å². The van der Waals surface area contributed by atoms with Crippen LogP contribution in [0.4, 0.5) is 0 Å². The van der Waals surface area contributed by atoms with E-state index in [1.54, 1.807) is 24.6 Å². The fourth-order valence-corrected chi connectivity index (χ4v) is 2.10. The van der Waals surface area contributed by atoms with Crippen molar-refractivity contribution < 1.29 is 9.47 Å². The standard InChI is InChI=1S/C14H15N3O2S/c1-10(2)11-4-3-5-13(19-9-15)12(11)8-18-14-6-7-17(20)16-14/h3-7,10,20H,8H2,1-2H3. The molecule has 1 heterocycles. The van der Waals surface area contributed by atoms with E-state index in [0.717, 1.165) is 11.1 Å². The van der Waals surface area contributed by atoms with E-state index in [1.807, 2.05) is 12.1 Å². The molecule has 0 spiro atoms. The van der Waals surface area contributed by atoms with Crippen LogP contribution in [-0.4, -0.2) is 9.19 Å². The average molecular weight is 289 g/mol. The van der Waals surface area contributed by atoms with Crippen molar-refractivity contribution in [3.05, 3.63) is 41.6 Å². The van der Waals surface area contributed by atoms with Gasteiger partial charge in [-0.05, 0) is 30.4 Å². The van der Waals surface area contributed by atoms with E-state index in [1.165, 1.54) is 4.09 Å². The Morgan fingerprint density at radius 1 is 1.40 bits per heavy atom. The van der Waals surface area contributed by atoms with Gasteiger partial charge in [-0.15, -0.1) is 10.4 Å². The number of rotatable bonds is 5. The molecule has 6 heteroatoms. The van der Waals surface area contributed by atoms with Crippen molar-refractivity contribution in [2.45, 2.75) is 26.4 Å². The summed E-state index contributed by atoms with van der Waals surface area (Å²) >= 11 is 4.05. The number of thiol groups is 1. The zero-order chi connectivity index (χ0) is 14.5. The third-order valence-corrected chi connectivity index (χ3v) is 3.09. The van der Waals surface area contributed by atoms with Gasteiger partial charge in [-0.2, -0.15) is 0 Å². The number of hydrogen-bond acceptors (Lipinski definition) is 5. The van der Waals surface area contributed by atoms with Crippen molar-refractivity contribution in [1.29, 1.82) is 5.26 Å². The number of ether oxygens (including phenoxy) is 2. The summed E-state index contributed by atoms with van der Waals surface area (Å²) in [6.07, 6.45) is 3.39. The number of nitrogens with zero attached hydrogens (tertiary/aromatic N) is 3. The lowest BCUT2D eigenvalue weighted by atomic mass is 9.97. The van der Waals surface area contributed by atoms with Crippen molar-refractivity contribution in [2.24, 2.45) is 0 Å². The molecule has 0 atom stereocenters. The number of benzene rings is 1. The van der Waals surface area contributed by atoms with Gasteiger partial charge in [-0.3, -0.25) is 0 Å². The Kier molecular flexibility index (Phi) is 4.53. The van der Waals surface area contributed by atoms with Gasteiger partial charge in [0.15, 0.2) is 0 Å². The molecular weight excluding hydrogens is 274 g/mol. The van der Waals surface area contributed by atoms with E-state index < -0.39 is 0 Å². The van der Waals surface area contributed by atoms with Crippen LogP contribution in [0.5, 0.6) is 11.6 Å². The number of hydrogen-bond donors (Lipinski definition) is 1. The molecule has 0 aliphatic rings.